The molecule has 0 N–H and O–H groups in total. The van der Waals surface area contributed by atoms with Gasteiger partial charge < -0.3 is 0 Å². The molecule has 0 heterocycles. The van der Waals surface area contributed by atoms with E-state index in [9.17, 15) is 4.79 Å². The predicted molar refractivity (Wildman–Crippen MR) is 203 cm³/mol. The van der Waals surface area contributed by atoms with Gasteiger partial charge in [0, 0.05) is 0 Å². The molecule has 0 aliphatic carbocycles. The van der Waals surface area contributed by atoms with Gasteiger partial charge in [-0.15, -0.1) is 0 Å². The molecule has 2 aromatic rings. The summed E-state index contributed by atoms with van der Waals surface area (Å²) in [5.74, 6) is 1.41. The van der Waals surface area contributed by atoms with Crippen LogP contribution in [0.4, 0.5) is 0 Å². The Labute approximate surface area is 285 Å². The zero-order valence-corrected chi connectivity index (χ0v) is 35.2. The minimum atomic E-state index is -2.22. The van der Waals surface area contributed by atoms with Crippen molar-refractivity contribution in [3.63, 3.8) is 0 Å². The Kier molecular flexibility index (Phi) is 13.3. The van der Waals surface area contributed by atoms with E-state index in [1.807, 2.05) is 0 Å². The number of hydrogen-bond acceptors (Lipinski definition) is 2. The predicted octanol–water partition coefficient (Wildman–Crippen LogP) is 11.3. The van der Waals surface area contributed by atoms with Gasteiger partial charge in [-0.3, -0.25) is 0 Å². The summed E-state index contributed by atoms with van der Waals surface area (Å²) in [6, 6.07) is 9.73. The van der Waals surface area contributed by atoms with Crippen LogP contribution in [0.2, 0.25) is 9.50 Å². The van der Waals surface area contributed by atoms with E-state index < -0.39 is 22.3 Å². The van der Waals surface area contributed by atoms with Crippen LogP contribution in [-0.4, -0.2) is 33.1 Å². The van der Waals surface area contributed by atoms with Gasteiger partial charge in [0.2, 0.25) is 0 Å². The maximum atomic E-state index is 14.0. The number of hydrogen-bond donors (Lipinski definition) is 0. The number of carbonyl (C=O) groups is 1. The van der Waals surface area contributed by atoms with Crippen molar-refractivity contribution in [3.8, 4) is 0 Å². The molecule has 251 valence electrons. The first-order chi connectivity index (χ1) is 20.3. The number of ether oxygens (including phenoxy) is 1. The molecule has 2 nitrogen and oxygen atoms in total. The van der Waals surface area contributed by atoms with E-state index in [-0.39, 0.29) is 32.6 Å². The van der Waals surface area contributed by atoms with Gasteiger partial charge in [0.1, 0.15) is 0 Å². The molecule has 0 amide bonds. The summed E-state index contributed by atoms with van der Waals surface area (Å²) in [6.07, 6.45) is 0. The molecule has 4 heteroatoms. The van der Waals surface area contributed by atoms with Crippen molar-refractivity contribution in [1.82, 2.24) is 0 Å². The average Bonchev–Trinajstić information content (AvgIpc) is 2.89. The maximum absolute atomic E-state index is 14.0. The van der Waals surface area contributed by atoms with Crippen molar-refractivity contribution < 1.29 is 9.53 Å². The van der Waals surface area contributed by atoms with E-state index in [0.29, 0.717) is 17.8 Å². The Morgan fingerprint density at radius 3 is 1.53 bits per heavy atom. The average molecular weight is 695 g/mol. The third-order valence-corrected chi connectivity index (χ3v) is 20.0. The van der Waals surface area contributed by atoms with Gasteiger partial charge in [-0.1, -0.05) is 0 Å². The topological polar surface area (TPSA) is 26.3 Å². The van der Waals surface area contributed by atoms with Crippen LogP contribution in [0.25, 0.3) is 0 Å². The molecule has 0 aliphatic heterocycles. The molecule has 45 heavy (non-hydrogen) atoms. The number of esters is 1. The fourth-order valence-corrected chi connectivity index (χ4v) is 18.0. The van der Waals surface area contributed by atoms with Crippen LogP contribution in [0.15, 0.2) is 24.3 Å². The summed E-state index contributed by atoms with van der Waals surface area (Å²) in [7, 11) is 0.204. The molecule has 0 spiro atoms. The normalized spacial score (nSPS) is 14.7. The second-order valence-electron chi connectivity index (χ2n) is 17.5. The van der Waals surface area contributed by atoms with E-state index in [1.165, 1.54) is 38.7 Å². The van der Waals surface area contributed by atoms with Crippen LogP contribution in [0, 0.1) is 6.66 Å². The van der Waals surface area contributed by atoms with E-state index in [0.717, 1.165) is 5.25 Å². The first-order valence-corrected chi connectivity index (χ1v) is 22.3. The SMILES string of the molecule is [CH]P(c1c(C(C)C)cc(C(C)(C)C)cc1C(C)(C)C)C([CH2][Ge]([c]1c(C(C)C)cc(C(C)C)cc1C(C)C)[C](C)(C)C)C(=O)OC. The van der Waals surface area contributed by atoms with Gasteiger partial charge in [-0.05, 0) is 0 Å². The zero-order chi connectivity index (χ0) is 35.0. The molecule has 0 saturated carbocycles. The zero-order valence-electron chi connectivity index (χ0n) is 32.2. The minimum absolute atomic E-state index is 0.00947. The van der Waals surface area contributed by atoms with Crippen molar-refractivity contribution in [2.75, 3.05) is 7.11 Å². The first-order valence-electron chi connectivity index (χ1n) is 17.2. The number of rotatable bonds is 10. The van der Waals surface area contributed by atoms with Gasteiger partial charge in [0.25, 0.3) is 0 Å². The number of carbonyl (C=O) groups excluding carboxylic acids is 1. The first kappa shape index (κ1) is 40.1. The summed E-state index contributed by atoms with van der Waals surface area (Å²) < 4.78 is 7.29. The van der Waals surface area contributed by atoms with Gasteiger partial charge in [0.05, 0.1) is 0 Å². The van der Waals surface area contributed by atoms with Crippen LogP contribution < -0.4 is 9.70 Å². The molecule has 2 rings (SSSR count). The summed E-state index contributed by atoms with van der Waals surface area (Å²) in [6.45, 7) is 46.9. The third-order valence-electron chi connectivity index (χ3n) is 9.24. The number of benzene rings is 2. The Bertz CT molecular complexity index is 1290. The van der Waals surface area contributed by atoms with E-state index >= 15 is 0 Å². The fourth-order valence-electron chi connectivity index (χ4n) is 6.26. The monoisotopic (exact) mass is 695 g/mol. The Balaban J connectivity index is 2.99. The molecule has 0 aliphatic rings. The Hall–Kier alpha value is -1.12. The van der Waals surface area contributed by atoms with Crippen molar-refractivity contribution in [2.45, 2.75) is 167 Å². The fraction of sp³-hybridized carbons (Fsp3) is 0.659. The molecule has 2 aromatic carbocycles. The second-order valence-corrected chi connectivity index (χ2v) is 26.5. The van der Waals surface area contributed by atoms with Crippen LogP contribution in [0.5, 0.6) is 0 Å². The summed E-state index contributed by atoms with van der Waals surface area (Å²) >= 11 is -2.22. The third kappa shape index (κ3) is 9.50. The molecule has 3 radical (unpaired) electrons. The van der Waals surface area contributed by atoms with Crippen LogP contribution >= 0.6 is 7.92 Å². The standard InChI is InChI=1S/C41H66GeO2P/c1-25(2)29-20-31(26(3)4)36(32(21-29)27(5)6)42(41(15,16)17)24-35(38(43)44-18)45(19)37-33(28(7)8)22-30(39(9,10)11)23-34(37)40(12,13)14/h19-23,25-28,35H,24H2,1-18H3. The molecular formula is C41H66GeO2P. The Morgan fingerprint density at radius 2 is 1.20 bits per heavy atom. The van der Waals surface area contributed by atoms with Crippen molar-refractivity contribution in [1.29, 1.82) is 0 Å². The van der Waals surface area contributed by atoms with Gasteiger partial charge in [-0.2, -0.15) is 0 Å². The summed E-state index contributed by atoms with van der Waals surface area (Å²) in [4.78, 5) is 14.0. The molecule has 0 fully saturated rings. The molecule has 2 unspecified atom stereocenters. The van der Waals surface area contributed by atoms with E-state index in [2.05, 4.69) is 142 Å². The van der Waals surface area contributed by atoms with Crippen molar-refractivity contribution >= 4 is 37.9 Å². The molecule has 2 atom stereocenters. The van der Waals surface area contributed by atoms with Crippen molar-refractivity contribution in [2.24, 2.45) is 0 Å². The number of methoxy groups -OCH3 is 1. The van der Waals surface area contributed by atoms with E-state index in [1.54, 1.807) is 11.5 Å². The molecular weight excluding hydrogens is 628 g/mol. The van der Waals surface area contributed by atoms with Crippen LogP contribution in [0.3, 0.4) is 0 Å². The van der Waals surface area contributed by atoms with Gasteiger partial charge in [0.15, 0.2) is 0 Å². The van der Waals surface area contributed by atoms with E-state index in [4.69, 9.17) is 11.4 Å². The van der Waals surface area contributed by atoms with Gasteiger partial charge in [-0.25, -0.2) is 0 Å². The Morgan fingerprint density at radius 1 is 0.733 bits per heavy atom. The van der Waals surface area contributed by atoms with Crippen molar-refractivity contribution in [3.05, 3.63) is 64.3 Å². The quantitative estimate of drug-likeness (QED) is 0.141. The van der Waals surface area contributed by atoms with Crippen LogP contribution in [-0.2, 0) is 20.4 Å². The van der Waals surface area contributed by atoms with Crippen LogP contribution in [0.1, 0.15) is 175 Å². The molecule has 0 saturated heterocycles. The molecule has 0 aromatic heterocycles. The van der Waals surface area contributed by atoms with Gasteiger partial charge >= 0.3 is 286 Å². The molecule has 0 bridgehead atoms. The summed E-state index contributed by atoms with van der Waals surface area (Å²) in [5, 5.41) is 2.03. The summed E-state index contributed by atoms with van der Waals surface area (Å²) in [5.41, 5.74) is 7.81. The second kappa shape index (κ2) is 15.0.